The standard InChI is InChI=1S/C14H21BrN2O2/c1-4-11(10(3)16-5-2)8-12-6-7-13(15)9-14(12)17(18)19/h6-7,9-11,16H,4-5,8H2,1-3H3. The molecule has 0 amide bonds. The van der Waals surface area contributed by atoms with E-state index in [4.69, 9.17) is 0 Å². The van der Waals surface area contributed by atoms with Crippen LogP contribution in [-0.2, 0) is 6.42 Å². The van der Waals surface area contributed by atoms with Gasteiger partial charge in [0.2, 0.25) is 0 Å². The third kappa shape index (κ3) is 4.58. The number of nitro groups is 1. The molecule has 0 spiro atoms. The first-order chi connectivity index (χ1) is 8.99. The highest BCUT2D eigenvalue weighted by atomic mass is 79.9. The lowest BCUT2D eigenvalue weighted by Crippen LogP contribution is -2.34. The van der Waals surface area contributed by atoms with Gasteiger partial charge in [-0.3, -0.25) is 10.1 Å². The van der Waals surface area contributed by atoms with Gasteiger partial charge in [0.25, 0.3) is 5.69 Å². The fourth-order valence-corrected chi connectivity index (χ4v) is 2.67. The van der Waals surface area contributed by atoms with Crippen molar-refractivity contribution in [2.75, 3.05) is 6.54 Å². The van der Waals surface area contributed by atoms with E-state index in [0.29, 0.717) is 12.0 Å². The summed E-state index contributed by atoms with van der Waals surface area (Å²) in [5.74, 6) is 0.403. The summed E-state index contributed by atoms with van der Waals surface area (Å²) in [6.45, 7) is 7.26. The van der Waals surface area contributed by atoms with Crippen molar-refractivity contribution in [3.63, 3.8) is 0 Å². The maximum atomic E-state index is 11.1. The average Bonchev–Trinajstić information content (AvgIpc) is 2.37. The van der Waals surface area contributed by atoms with E-state index in [1.807, 2.05) is 12.1 Å². The van der Waals surface area contributed by atoms with Crippen LogP contribution in [-0.4, -0.2) is 17.5 Å². The zero-order valence-electron chi connectivity index (χ0n) is 11.6. The second-order valence-electron chi connectivity index (χ2n) is 4.75. The minimum atomic E-state index is -0.301. The summed E-state index contributed by atoms with van der Waals surface area (Å²) >= 11 is 3.28. The maximum absolute atomic E-state index is 11.1. The largest absolute Gasteiger partial charge is 0.314 e. The maximum Gasteiger partial charge on any atom is 0.273 e. The lowest BCUT2D eigenvalue weighted by atomic mass is 9.90. The molecular weight excluding hydrogens is 308 g/mol. The van der Waals surface area contributed by atoms with E-state index in [9.17, 15) is 10.1 Å². The van der Waals surface area contributed by atoms with Crippen LogP contribution >= 0.6 is 15.9 Å². The van der Waals surface area contributed by atoms with Gasteiger partial charge in [0.15, 0.2) is 0 Å². The number of nitrogens with zero attached hydrogens (tertiary/aromatic N) is 1. The minimum absolute atomic E-state index is 0.205. The van der Waals surface area contributed by atoms with E-state index in [1.165, 1.54) is 0 Å². The molecule has 1 aromatic rings. The van der Waals surface area contributed by atoms with Crippen molar-refractivity contribution in [2.24, 2.45) is 5.92 Å². The molecule has 1 N–H and O–H groups in total. The van der Waals surface area contributed by atoms with E-state index < -0.39 is 0 Å². The Kier molecular flexibility index (Phi) is 6.45. The average molecular weight is 329 g/mol. The van der Waals surface area contributed by atoms with Gasteiger partial charge in [0.05, 0.1) is 4.92 Å². The van der Waals surface area contributed by atoms with Crippen LogP contribution in [0.3, 0.4) is 0 Å². The topological polar surface area (TPSA) is 55.2 Å². The van der Waals surface area contributed by atoms with Gasteiger partial charge in [-0.05, 0) is 31.9 Å². The molecular formula is C14H21BrN2O2. The molecule has 0 saturated carbocycles. The Hall–Kier alpha value is -0.940. The first-order valence-electron chi connectivity index (χ1n) is 6.65. The Labute approximate surface area is 122 Å². The fourth-order valence-electron chi connectivity index (χ4n) is 2.33. The highest BCUT2D eigenvalue weighted by Crippen LogP contribution is 2.27. The molecule has 5 heteroatoms. The first kappa shape index (κ1) is 16.1. The SMILES string of the molecule is CCNC(C)C(CC)Cc1ccc(Br)cc1[N+](=O)[O-]. The Morgan fingerprint density at radius 1 is 1.42 bits per heavy atom. The molecule has 106 valence electrons. The molecule has 0 saturated heterocycles. The van der Waals surface area contributed by atoms with Gasteiger partial charge in [-0.15, -0.1) is 0 Å². The van der Waals surface area contributed by atoms with Gasteiger partial charge in [-0.2, -0.15) is 0 Å². The van der Waals surface area contributed by atoms with Gasteiger partial charge >= 0.3 is 0 Å². The van der Waals surface area contributed by atoms with Crippen LogP contribution in [0.5, 0.6) is 0 Å². The lowest BCUT2D eigenvalue weighted by Gasteiger charge is -2.23. The molecule has 0 aliphatic carbocycles. The fraction of sp³-hybridized carbons (Fsp3) is 0.571. The van der Waals surface area contributed by atoms with Crippen molar-refractivity contribution >= 4 is 21.6 Å². The number of benzene rings is 1. The monoisotopic (exact) mass is 328 g/mol. The summed E-state index contributed by atoms with van der Waals surface area (Å²) in [4.78, 5) is 10.8. The van der Waals surface area contributed by atoms with Crippen molar-refractivity contribution < 1.29 is 4.92 Å². The van der Waals surface area contributed by atoms with Crippen molar-refractivity contribution in [1.82, 2.24) is 5.32 Å². The Bertz CT molecular complexity index is 437. The molecule has 4 nitrogen and oxygen atoms in total. The third-order valence-electron chi connectivity index (χ3n) is 3.48. The number of hydrogen-bond acceptors (Lipinski definition) is 3. The van der Waals surface area contributed by atoms with E-state index >= 15 is 0 Å². The van der Waals surface area contributed by atoms with Crippen LogP contribution in [0.25, 0.3) is 0 Å². The number of nitrogens with one attached hydrogen (secondary N) is 1. The van der Waals surface area contributed by atoms with E-state index in [-0.39, 0.29) is 10.6 Å². The van der Waals surface area contributed by atoms with Crippen LogP contribution < -0.4 is 5.32 Å². The van der Waals surface area contributed by atoms with E-state index in [2.05, 4.69) is 42.0 Å². The van der Waals surface area contributed by atoms with Crippen molar-refractivity contribution in [1.29, 1.82) is 0 Å². The predicted octanol–water partition coefficient (Wildman–Crippen LogP) is 3.92. The Morgan fingerprint density at radius 2 is 2.11 bits per heavy atom. The minimum Gasteiger partial charge on any atom is -0.314 e. The molecule has 0 aliphatic heterocycles. The second-order valence-corrected chi connectivity index (χ2v) is 5.66. The molecule has 1 rings (SSSR count). The van der Waals surface area contributed by atoms with Crippen LogP contribution in [0.15, 0.2) is 22.7 Å². The first-order valence-corrected chi connectivity index (χ1v) is 7.45. The molecule has 0 bridgehead atoms. The molecule has 0 aromatic heterocycles. The quantitative estimate of drug-likeness (QED) is 0.609. The van der Waals surface area contributed by atoms with Gasteiger partial charge in [-0.25, -0.2) is 0 Å². The molecule has 0 heterocycles. The third-order valence-corrected chi connectivity index (χ3v) is 3.98. The number of hydrogen-bond donors (Lipinski definition) is 1. The van der Waals surface area contributed by atoms with Crippen LogP contribution in [0.4, 0.5) is 5.69 Å². The molecule has 2 unspecified atom stereocenters. The van der Waals surface area contributed by atoms with Crippen LogP contribution in [0.2, 0.25) is 0 Å². The second kappa shape index (κ2) is 7.60. The molecule has 0 radical (unpaired) electrons. The summed E-state index contributed by atoms with van der Waals surface area (Å²) in [6, 6.07) is 5.66. The Balaban J connectivity index is 2.93. The van der Waals surface area contributed by atoms with Crippen LogP contribution in [0.1, 0.15) is 32.8 Å². The number of rotatable bonds is 7. The zero-order valence-corrected chi connectivity index (χ0v) is 13.2. The number of nitro benzene ring substituents is 1. The van der Waals surface area contributed by atoms with Crippen LogP contribution in [0, 0.1) is 16.0 Å². The smallest absolute Gasteiger partial charge is 0.273 e. The van der Waals surface area contributed by atoms with Crippen molar-refractivity contribution in [3.8, 4) is 0 Å². The van der Waals surface area contributed by atoms with Gasteiger partial charge in [0, 0.05) is 22.1 Å². The number of halogens is 1. The van der Waals surface area contributed by atoms with E-state index in [0.717, 1.165) is 29.4 Å². The molecule has 0 fully saturated rings. The van der Waals surface area contributed by atoms with Crippen molar-refractivity contribution in [2.45, 2.75) is 39.7 Å². The zero-order chi connectivity index (χ0) is 14.4. The summed E-state index contributed by atoms with van der Waals surface area (Å²) in [7, 11) is 0. The summed E-state index contributed by atoms with van der Waals surface area (Å²) in [6.07, 6.45) is 1.73. The van der Waals surface area contributed by atoms with Gasteiger partial charge in [-0.1, -0.05) is 42.3 Å². The summed E-state index contributed by atoms with van der Waals surface area (Å²) < 4.78 is 0.746. The highest BCUT2D eigenvalue weighted by molar-refractivity contribution is 9.10. The predicted molar refractivity (Wildman–Crippen MR) is 81.4 cm³/mol. The summed E-state index contributed by atoms with van der Waals surface area (Å²) in [5.41, 5.74) is 1.02. The van der Waals surface area contributed by atoms with Gasteiger partial charge < -0.3 is 5.32 Å². The molecule has 0 aliphatic rings. The normalized spacial score (nSPS) is 14.1. The molecule has 2 atom stereocenters. The lowest BCUT2D eigenvalue weighted by molar-refractivity contribution is -0.385. The Morgan fingerprint density at radius 3 is 2.63 bits per heavy atom. The molecule has 19 heavy (non-hydrogen) atoms. The molecule has 1 aromatic carbocycles. The van der Waals surface area contributed by atoms with E-state index in [1.54, 1.807) is 6.07 Å². The highest BCUT2D eigenvalue weighted by Gasteiger charge is 2.21. The van der Waals surface area contributed by atoms with Crippen molar-refractivity contribution in [3.05, 3.63) is 38.3 Å². The summed E-state index contributed by atoms with van der Waals surface area (Å²) in [5, 5.41) is 14.5. The van der Waals surface area contributed by atoms with Gasteiger partial charge in [0.1, 0.15) is 0 Å².